The summed E-state index contributed by atoms with van der Waals surface area (Å²) >= 11 is 6.69. The molecule has 0 bridgehead atoms. The molecule has 0 saturated carbocycles. The lowest BCUT2D eigenvalue weighted by Crippen LogP contribution is -2.41. The number of halogens is 4. The number of benzene rings is 2. The third kappa shape index (κ3) is 5.55. The molecule has 1 aliphatic rings. The fourth-order valence-corrected chi connectivity index (χ4v) is 5.13. The predicted molar refractivity (Wildman–Crippen MR) is 136 cm³/mol. The number of thiazole rings is 1. The highest BCUT2D eigenvalue weighted by Crippen LogP contribution is 2.38. The van der Waals surface area contributed by atoms with Crippen LogP contribution in [0.1, 0.15) is 24.1 Å². The average Bonchev–Trinajstić information content (AvgIpc) is 3.21. The van der Waals surface area contributed by atoms with Gasteiger partial charge in [-0.1, -0.05) is 47.2 Å². The highest BCUT2D eigenvalue weighted by Gasteiger charge is 2.45. The number of ether oxygens (including phenoxy) is 3. The number of methoxy groups -OCH3 is 1. The summed E-state index contributed by atoms with van der Waals surface area (Å²) in [5, 5.41) is 9.26. The Bertz CT molecular complexity index is 1670. The number of carbonyl (C=O) groups is 1. The van der Waals surface area contributed by atoms with Gasteiger partial charge in [-0.2, -0.15) is 18.4 Å². The van der Waals surface area contributed by atoms with Crippen LogP contribution >= 0.6 is 22.9 Å². The van der Waals surface area contributed by atoms with Crippen LogP contribution in [0, 0.1) is 11.3 Å². The maximum Gasteiger partial charge on any atom is 0.434 e. The summed E-state index contributed by atoms with van der Waals surface area (Å²) in [4.78, 5) is 30.0. The van der Waals surface area contributed by atoms with E-state index < -0.39 is 35.0 Å². The molecule has 0 fully saturated rings. The normalized spacial score (nSPS) is 15.3. The third-order valence-electron chi connectivity index (χ3n) is 5.58. The maximum absolute atomic E-state index is 14.2. The standard InChI is InChI=1S/C26H19ClF3N3O5S/c1-3-37-24(35)19-20(14-7-9-16(27)10-8-14)33-23(34)18(39-25(33)32-22(19)26(28,29)30)13-15-5-4-6-17(36-2)21(15)38-12-11-31/h4-10,13,20H,3,12H2,1-2H3/b18-13-/t20-/m0/s1. The van der Waals surface area contributed by atoms with Crippen molar-refractivity contribution in [3.05, 3.63) is 89.6 Å². The highest BCUT2D eigenvalue weighted by atomic mass is 35.5. The molecule has 39 heavy (non-hydrogen) atoms. The number of hydrogen-bond acceptors (Lipinski definition) is 8. The zero-order chi connectivity index (χ0) is 28.3. The smallest absolute Gasteiger partial charge is 0.434 e. The lowest BCUT2D eigenvalue weighted by Gasteiger charge is -2.26. The number of rotatable bonds is 7. The van der Waals surface area contributed by atoms with Gasteiger partial charge in [-0.05, 0) is 36.8 Å². The average molecular weight is 578 g/mol. The van der Waals surface area contributed by atoms with E-state index in [0.29, 0.717) is 21.9 Å². The van der Waals surface area contributed by atoms with Crippen molar-refractivity contribution in [3.63, 3.8) is 0 Å². The lowest BCUT2D eigenvalue weighted by atomic mass is 9.95. The molecule has 2 heterocycles. The second kappa shape index (κ2) is 11.3. The van der Waals surface area contributed by atoms with Crippen LogP contribution < -0.4 is 24.4 Å². The Morgan fingerprint density at radius 1 is 1.26 bits per heavy atom. The second-order valence-electron chi connectivity index (χ2n) is 7.94. The summed E-state index contributed by atoms with van der Waals surface area (Å²) in [7, 11) is 1.40. The molecule has 13 heteroatoms. The fourth-order valence-electron chi connectivity index (χ4n) is 4.01. The van der Waals surface area contributed by atoms with Gasteiger partial charge in [0.25, 0.3) is 5.56 Å². The highest BCUT2D eigenvalue weighted by molar-refractivity contribution is 7.07. The molecule has 0 radical (unpaired) electrons. The summed E-state index contributed by atoms with van der Waals surface area (Å²) in [5.74, 6) is -0.789. The van der Waals surface area contributed by atoms with Crippen LogP contribution in [0.5, 0.6) is 11.5 Å². The van der Waals surface area contributed by atoms with Crippen molar-refractivity contribution in [2.75, 3.05) is 20.3 Å². The van der Waals surface area contributed by atoms with Crippen molar-refractivity contribution in [1.29, 1.82) is 5.26 Å². The molecule has 0 amide bonds. The minimum Gasteiger partial charge on any atom is -0.493 e. The van der Waals surface area contributed by atoms with E-state index in [0.717, 1.165) is 4.57 Å². The molecule has 2 aromatic carbocycles. The van der Waals surface area contributed by atoms with Gasteiger partial charge in [0.1, 0.15) is 6.07 Å². The minimum atomic E-state index is -5.02. The molecule has 0 saturated heterocycles. The van der Waals surface area contributed by atoms with Crippen molar-refractivity contribution < 1.29 is 32.2 Å². The lowest BCUT2D eigenvalue weighted by molar-refractivity contribution is -0.140. The maximum atomic E-state index is 14.2. The summed E-state index contributed by atoms with van der Waals surface area (Å²) in [5.41, 5.74) is -2.42. The number of aromatic nitrogens is 1. The summed E-state index contributed by atoms with van der Waals surface area (Å²) in [6.07, 6.45) is -3.62. The number of fused-ring (bicyclic) bond motifs is 1. The fraction of sp³-hybridized carbons (Fsp3) is 0.231. The Morgan fingerprint density at radius 2 is 1.97 bits per heavy atom. The third-order valence-corrected chi connectivity index (χ3v) is 6.81. The Hall–Kier alpha value is -4.08. The van der Waals surface area contributed by atoms with Crippen molar-refractivity contribution >= 4 is 35.0 Å². The topological polar surface area (TPSA) is 103 Å². The minimum absolute atomic E-state index is 0.00871. The zero-order valence-electron chi connectivity index (χ0n) is 20.4. The van der Waals surface area contributed by atoms with Crippen molar-refractivity contribution in [1.82, 2.24) is 4.57 Å². The summed E-state index contributed by atoms with van der Waals surface area (Å²) in [6.45, 7) is 0.960. The van der Waals surface area contributed by atoms with Gasteiger partial charge in [0.15, 0.2) is 28.6 Å². The summed E-state index contributed by atoms with van der Waals surface area (Å²) in [6, 6.07) is 10.9. The van der Waals surface area contributed by atoms with E-state index in [4.69, 9.17) is 31.1 Å². The molecule has 202 valence electrons. The first-order valence-corrected chi connectivity index (χ1v) is 12.5. The van der Waals surface area contributed by atoms with Crippen LogP contribution in [0.3, 0.4) is 0 Å². The van der Waals surface area contributed by atoms with E-state index in [9.17, 15) is 22.8 Å². The number of carbonyl (C=O) groups excluding carboxylic acids is 1. The monoisotopic (exact) mass is 577 g/mol. The molecule has 0 aliphatic carbocycles. The SMILES string of the molecule is CCOC(=O)C1=C(C(F)(F)F)N=c2s/c(=C\c3cccc(OC)c3OCC#N)c(=O)n2[C@H]1c1ccc(Cl)cc1. The van der Waals surface area contributed by atoms with Crippen molar-refractivity contribution in [2.24, 2.45) is 4.99 Å². The summed E-state index contributed by atoms with van der Waals surface area (Å²) < 4.78 is 59.4. The zero-order valence-corrected chi connectivity index (χ0v) is 22.0. The molecule has 8 nitrogen and oxygen atoms in total. The molecule has 0 unspecified atom stereocenters. The number of hydrogen-bond donors (Lipinski definition) is 0. The van der Waals surface area contributed by atoms with Crippen molar-refractivity contribution in [2.45, 2.75) is 19.1 Å². The van der Waals surface area contributed by atoms with Gasteiger partial charge >= 0.3 is 12.1 Å². The van der Waals surface area contributed by atoms with E-state index in [1.54, 1.807) is 18.2 Å². The molecule has 3 aromatic rings. The van der Waals surface area contributed by atoms with Gasteiger partial charge in [0.2, 0.25) is 0 Å². The van der Waals surface area contributed by atoms with Crippen LogP contribution in [0.4, 0.5) is 13.2 Å². The van der Waals surface area contributed by atoms with Gasteiger partial charge in [-0.3, -0.25) is 9.36 Å². The van der Waals surface area contributed by atoms with Crippen LogP contribution in [-0.2, 0) is 9.53 Å². The quantitative estimate of drug-likeness (QED) is 0.395. The molecule has 4 rings (SSSR count). The number of nitriles is 1. The van der Waals surface area contributed by atoms with Gasteiger partial charge in [-0.25, -0.2) is 9.79 Å². The van der Waals surface area contributed by atoms with Crippen LogP contribution in [-0.4, -0.2) is 37.0 Å². The molecule has 0 N–H and O–H groups in total. The number of allylic oxidation sites excluding steroid dienone is 1. The first kappa shape index (κ1) is 27.9. The van der Waals surface area contributed by atoms with Crippen LogP contribution in [0.2, 0.25) is 5.02 Å². The van der Waals surface area contributed by atoms with Crippen molar-refractivity contribution in [3.8, 4) is 17.6 Å². The number of nitrogens with zero attached hydrogens (tertiary/aromatic N) is 3. The van der Waals surface area contributed by atoms with Gasteiger partial charge in [0, 0.05) is 10.6 Å². The van der Waals surface area contributed by atoms with E-state index >= 15 is 0 Å². The number of para-hydroxylation sites is 1. The van der Waals surface area contributed by atoms with Crippen LogP contribution in [0.25, 0.3) is 6.08 Å². The predicted octanol–water partition coefficient (Wildman–Crippen LogP) is 3.91. The van der Waals surface area contributed by atoms with Gasteiger partial charge in [0.05, 0.1) is 29.9 Å². The Balaban J connectivity index is 2.04. The van der Waals surface area contributed by atoms with E-state index in [1.807, 2.05) is 6.07 Å². The second-order valence-corrected chi connectivity index (χ2v) is 9.39. The Labute approximate surface area is 228 Å². The first-order chi connectivity index (χ1) is 18.6. The number of esters is 1. The molecule has 1 aromatic heterocycles. The molecular weight excluding hydrogens is 559 g/mol. The van der Waals surface area contributed by atoms with Crippen LogP contribution in [0.15, 0.2) is 63.5 Å². The van der Waals surface area contributed by atoms with E-state index in [-0.39, 0.29) is 39.6 Å². The van der Waals surface area contributed by atoms with Gasteiger partial charge < -0.3 is 14.2 Å². The molecule has 1 atom stereocenters. The van der Waals surface area contributed by atoms with E-state index in [2.05, 4.69) is 4.99 Å². The Morgan fingerprint density at radius 3 is 2.59 bits per heavy atom. The molecular formula is C26H19ClF3N3O5S. The van der Waals surface area contributed by atoms with Gasteiger partial charge in [-0.15, -0.1) is 0 Å². The molecule has 0 spiro atoms. The first-order valence-electron chi connectivity index (χ1n) is 11.3. The largest absolute Gasteiger partial charge is 0.493 e. The van der Waals surface area contributed by atoms with E-state index in [1.165, 1.54) is 44.4 Å². The number of alkyl halides is 3. The molecule has 1 aliphatic heterocycles. The Kier molecular flexibility index (Phi) is 8.13.